The van der Waals surface area contributed by atoms with Gasteiger partial charge in [0.1, 0.15) is 0 Å². The molecule has 0 aromatic carbocycles. The lowest BCUT2D eigenvalue weighted by atomic mass is 10.4. The zero-order valence-corrected chi connectivity index (χ0v) is 7.73. The highest BCUT2D eigenvalue weighted by atomic mass is 32.1. The minimum atomic E-state index is -0.711. The molecular weight excluding hydrogens is 164 g/mol. The number of carboxylic acid groups (broad SMARTS) is 1. The highest BCUT2D eigenvalue weighted by Crippen LogP contribution is 1.82. The molecule has 0 amide bonds. The third-order valence-corrected chi connectivity index (χ3v) is 1.08. The molecule has 0 fully saturated rings. The van der Waals surface area contributed by atoms with Gasteiger partial charge in [0, 0.05) is 12.8 Å². The number of aliphatic carboxylic acids is 1. The van der Waals surface area contributed by atoms with Gasteiger partial charge in [-0.05, 0) is 6.42 Å². The Morgan fingerprint density at radius 1 is 1.36 bits per heavy atom. The Bertz CT molecular complexity index is 123. The van der Waals surface area contributed by atoms with E-state index in [-0.39, 0.29) is 5.12 Å². The lowest BCUT2D eigenvalue weighted by Gasteiger charge is -1.79. The van der Waals surface area contributed by atoms with Crippen molar-refractivity contribution in [2.75, 3.05) is 0 Å². The fraction of sp³-hybridized carbons (Fsp3) is 0.714. The van der Waals surface area contributed by atoms with Crippen LogP contribution in [0, 0.1) is 0 Å². The highest BCUT2D eigenvalue weighted by molar-refractivity contribution is 7.96. The molecule has 0 aromatic rings. The molecule has 0 aliphatic rings. The standard InChI is InChI=1S/C4H8O2.C3H6OS/c1-2-3-4(5)6;1-2-3(4)5/h2-3H2,1H3,(H,5,6);2H2,1H3,(H,4,5). The van der Waals surface area contributed by atoms with E-state index in [2.05, 4.69) is 12.6 Å². The Hall–Kier alpha value is -0.510. The summed E-state index contributed by atoms with van der Waals surface area (Å²) >= 11 is 3.46. The SMILES string of the molecule is CCC(=O)S.CCCC(=O)O. The summed E-state index contributed by atoms with van der Waals surface area (Å²) in [5, 5.41) is 7.86. The first kappa shape index (κ1) is 13.1. The second kappa shape index (κ2) is 9.49. The molecule has 0 spiro atoms. The molecule has 0 bridgehead atoms. The molecule has 4 heteroatoms. The molecule has 0 heterocycles. The van der Waals surface area contributed by atoms with E-state index in [4.69, 9.17) is 5.11 Å². The molecule has 0 atom stereocenters. The number of carbonyl (C=O) groups is 2. The maximum absolute atomic E-state index is 9.68. The van der Waals surface area contributed by atoms with Crippen molar-refractivity contribution < 1.29 is 14.7 Å². The van der Waals surface area contributed by atoms with Crippen LogP contribution in [0.4, 0.5) is 0 Å². The van der Waals surface area contributed by atoms with Crippen molar-refractivity contribution in [3.05, 3.63) is 0 Å². The molecule has 11 heavy (non-hydrogen) atoms. The molecule has 0 aromatic heterocycles. The van der Waals surface area contributed by atoms with E-state index in [0.717, 1.165) is 6.42 Å². The van der Waals surface area contributed by atoms with Gasteiger partial charge in [-0.15, -0.1) is 12.6 Å². The zero-order chi connectivity index (χ0) is 9.28. The second-order valence-corrected chi connectivity index (χ2v) is 2.39. The van der Waals surface area contributed by atoms with Gasteiger partial charge in [-0.25, -0.2) is 0 Å². The van der Waals surface area contributed by atoms with Gasteiger partial charge < -0.3 is 5.11 Å². The van der Waals surface area contributed by atoms with Gasteiger partial charge in [-0.3, -0.25) is 9.59 Å². The number of thiol groups is 1. The monoisotopic (exact) mass is 178 g/mol. The van der Waals surface area contributed by atoms with Crippen LogP contribution in [-0.4, -0.2) is 16.2 Å². The van der Waals surface area contributed by atoms with E-state index in [1.165, 1.54) is 0 Å². The number of hydrogen-bond donors (Lipinski definition) is 2. The Balaban J connectivity index is 0. The maximum Gasteiger partial charge on any atom is 0.303 e. The van der Waals surface area contributed by atoms with Gasteiger partial charge in [-0.2, -0.15) is 0 Å². The van der Waals surface area contributed by atoms with E-state index in [1.54, 1.807) is 6.92 Å². The number of rotatable bonds is 3. The molecule has 0 saturated carbocycles. The van der Waals surface area contributed by atoms with Crippen LogP contribution >= 0.6 is 12.6 Å². The molecule has 66 valence electrons. The molecule has 0 aliphatic heterocycles. The molecule has 3 nitrogen and oxygen atoms in total. The van der Waals surface area contributed by atoms with Gasteiger partial charge in [0.2, 0.25) is 0 Å². The summed E-state index contributed by atoms with van der Waals surface area (Å²) in [5.41, 5.74) is 0. The van der Waals surface area contributed by atoms with Crippen LogP contribution in [0.15, 0.2) is 0 Å². The van der Waals surface area contributed by atoms with Crippen molar-refractivity contribution in [3.8, 4) is 0 Å². The minimum Gasteiger partial charge on any atom is -0.481 e. The van der Waals surface area contributed by atoms with E-state index < -0.39 is 5.97 Å². The molecule has 0 saturated heterocycles. The number of hydrogen-bond acceptors (Lipinski definition) is 2. The van der Waals surface area contributed by atoms with Crippen molar-refractivity contribution in [2.45, 2.75) is 33.1 Å². The van der Waals surface area contributed by atoms with Crippen molar-refractivity contribution in [3.63, 3.8) is 0 Å². The summed E-state index contributed by atoms with van der Waals surface area (Å²) in [7, 11) is 0. The highest BCUT2D eigenvalue weighted by Gasteiger charge is 1.87. The van der Waals surface area contributed by atoms with Crippen molar-refractivity contribution >= 4 is 23.7 Å². The van der Waals surface area contributed by atoms with Gasteiger partial charge >= 0.3 is 5.97 Å². The average molecular weight is 178 g/mol. The lowest BCUT2D eigenvalue weighted by molar-refractivity contribution is -0.137. The van der Waals surface area contributed by atoms with E-state index in [0.29, 0.717) is 12.8 Å². The topological polar surface area (TPSA) is 54.4 Å². The molecule has 1 N–H and O–H groups in total. The van der Waals surface area contributed by atoms with Crippen LogP contribution in [0.3, 0.4) is 0 Å². The van der Waals surface area contributed by atoms with Crippen LogP contribution in [0.25, 0.3) is 0 Å². The fourth-order valence-corrected chi connectivity index (χ4v) is 0.214. The normalized spacial score (nSPS) is 7.91. The number of carbonyl (C=O) groups excluding carboxylic acids is 1. The Morgan fingerprint density at radius 2 is 1.73 bits per heavy atom. The molecule has 0 rings (SSSR count). The van der Waals surface area contributed by atoms with Gasteiger partial charge in [-0.1, -0.05) is 13.8 Å². The summed E-state index contributed by atoms with van der Waals surface area (Å²) in [4.78, 5) is 19.3. The van der Waals surface area contributed by atoms with E-state index in [1.807, 2.05) is 6.92 Å². The van der Waals surface area contributed by atoms with Crippen molar-refractivity contribution in [2.24, 2.45) is 0 Å². The third-order valence-electron chi connectivity index (χ3n) is 0.766. The predicted octanol–water partition coefficient (Wildman–Crippen LogP) is 1.72. The van der Waals surface area contributed by atoms with Crippen LogP contribution in [0.5, 0.6) is 0 Å². The van der Waals surface area contributed by atoms with E-state index in [9.17, 15) is 9.59 Å². The first-order chi connectivity index (χ1) is 5.04. The first-order valence-electron chi connectivity index (χ1n) is 3.48. The summed E-state index contributed by atoms with van der Waals surface area (Å²) in [6, 6.07) is 0. The smallest absolute Gasteiger partial charge is 0.303 e. The Morgan fingerprint density at radius 3 is 1.73 bits per heavy atom. The second-order valence-electron chi connectivity index (χ2n) is 1.89. The zero-order valence-electron chi connectivity index (χ0n) is 6.83. The molecule has 0 aliphatic carbocycles. The maximum atomic E-state index is 9.68. The summed E-state index contributed by atoms with van der Waals surface area (Å²) in [5.74, 6) is -0.711. The first-order valence-corrected chi connectivity index (χ1v) is 3.92. The average Bonchev–Trinajstić information content (AvgIpc) is 1.89. The van der Waals surface area contributed by atoms with Crippen molar-refractivity contribution in [1.82, 2.24) is 0 Å². The molecule has 0 radical (unpaired) electrons. The number of carboxylic acids is 1. The molecule has 0 unspecified atom stereocenters. The van der Waals surface area contributed by atoms with Crippen LogP contribution in [0.2, 0.25) is 0 Å². The van der Waals surface area contributed by atoms with Crippen LogP contribution in [0.1, 0.15) is 33.1 Å². The largest absolute Gasteiger partial charge is 0.481 e. The van der Waals surface area contributed by atoms with Crippen molar-refractivity contribution in [1.29, 1.82) is 0 Å². The fourth-order valence-electron chi connectivity index (χ4n) is 0.214. The summed E-state index contributed by atoms with van der Waals surface area (Å²) < 4.78 is 0. The van der Waals surface area contributed by atoms with Gasteiger partial charge in [0.25, 0.3) is 0 Å². The van der Waals surface area contributed by atoms with Crippen LogP contribution in [-0.2, 0) is 9.59 Å². The summed E-state index contributed by atoms with van der Waals surface area (Å²) in [6.07, 6.45) is 1.55. The minimum absolute atomic E-state index is 0.0509. The Labute approximate surface area is 72.2 Å². The van der Waals surface area contributed by atoms with E-state index >= 15 is 0 Å². The van der Waals surface area contributed by atoms with Gasteiger partial charge in [0.15, 0.2) is 5.12 Å². The lowest BCUT2D eigenvalue weighted by Crippen LogP contribution is -1.90. The quantitative estimate of drug-likeness (QED) is 0.647. The Kier molecular flexibility index (Phi) is 11.3. The molecular formula is C7H14O3S. The summed E-state index contributed by atoms with van der Waals surface area (Å²) in [6.45, 7) is 3.61. The van der Waals surface area contributed by atoms with Crippen LogP contribution < -0.4 is 0 Å². The predicted molar refractivity (Wildman–Crippen MR) is 46.8 cm³/mol. The van der Waals surface area contributed by atoms with Gasteiger partial charge in [0.05, 0.1) is 0 Å². The third kappa shape index (κ3) is 26.4.